The highest BCUT2D eigenvalue weighted by Gasteiger charge is 2.59. The van der Waals surface area contributed by atoms with Crippen LogP contribution in [0.25, 0.3) is 32.2 Å². The van der Waals surface area contributed by atoms with E-state index in [1.807, 2.05) is 0 Å². The molecule has 4 aromatic rings. The van der Waals surface area contributed by atoms with Crippen LogP contribution in [0.1, 0.15) is 80.6 Å². The van der Waals surface area contributed by atoms with E-state index >= 15 is 8.78 Å². The number of likely N-dealkylation sites (tertiary alicyclic amines) is 1. The van der Waals surface area contributed by atoms with Gasteiger partial charge in [0.25, 0.3) is 0 Å². The van der Waals surface area contributed by atoms with Crippen molar-refractivity contribution < 1.29 is 28.2 Å². The van der Waals surface area contributed by atoms with Gasteiger partial charge in [-0.2, -0.15) is 4.98 Å². The Morgan fingerprint density at radius 2 is 1.71 bits per heavy atom. The van der Waals surface area contributed by atoms with Crippen molar-refractivity contribution in [2.24, 2.45) is 5.41 Å². The Kier molecular flexibility index (Phi) is 9.35. The van der Waals surface area contributed by atoms with Gasteiger partial charge >= 0.3 is 12.2 Å². The Hall–Kier alpha value is -4.08. The van der Waals surface area contributed by atoms with Crippen LogP contribution < -0.4 is 15.1 Å². The fraction of sp³-hybridized carbons (Fsp3) is 0.575. The van der Waals surface area contributed by atoms with Gasteiger partial charge in [-0.1, -0.05) is 50.1 Å². The number of nitrogens with one attached hydrogen (secondary N) is 1. The van der Waals surface area contributed by atoms with Crippen LogP contribution >= 0.6 is 22.9 Å². The van der Waals surface area contributed by atoms with E-state index in [-0.39, 0.29) is 48.6 Å². The third kappa shape index (κ3) is 6.47. The average Bonchev–Trinajstić information content (AvgIpc) is 3.64. The van der Waals surface area contributed by atoms with Crippen LogP contribution in [0.2, 0.25) is 5.02 Å². The number of aromatic nitrogens is 3. The first-order chi connectivity index (χ1) is 26.3. The topological polar surface area (TPSA) is 127 Å². The van der Waals surface area contributed by atoms with Gasteiger partial charge in [0.1, 0.15) is 22.8 Å². The second-order valence-corrected chi connectivity index (χ2v) is 19.5. The molecule has 4 aliphatic heterocycles. The number of anilines is 3. The lowest BCUT2D eigenvalue weighted by atomic mass is 9.71. The van der Waals surface area contributed by atoms with Crippen LogP contribution in [0.15, 0.2) is 18.2 Å². The average molecular weight is 811 g/mol. The lowest BCUT2D eigenvalue weighted by Gasteiger charge is -2.55. The van der Waals surface area contributed by atoms with Crippen molar-refractivity contribution >= 4 is 73.1 Å². The zero-order chi connectivity index (χ0) is 40.1. The number of amides is 2. The normalized spacial score (nSPS) is 22.8. The number of piperazine rings is 1. The number of halogens is 3. The number of carboxylic acid groups (broad SMARTS) is 1. The molecule has 8 rings (SSSR count). The standard InChI is InChI=1S/C40H49ClF2N8O4S/c1-37(2,3)40-14-13-22(51(40)36(53)54)18-48(21-40)32-24-17-25(41)27(23-11-12-26(42)31-30(23)45-34(56-31)47-35(52)55-38(4,5)6)28(43)29(24)44-33(46-32)49-19-39(7,20-49)50-15-9-8-10-16-50/h11-12,17,22H,8-10,13-16,18-21H2,1-7H3,(H,53,54)(H,45,47,52). The van der Waals surface area contributed by atoms with Crippen molar-refractivity contribution in [3.63, 3.8) is 0 Å². The fourth-order valence-corrected chi connectivity index (χ4v) is 10.6. The smallest absolute Gasteiger partial charge is 0.413 e. The second kappa shape index (κ2) is 13.5. The molecule has 4 saturated heterocycles. The monoisotopic (exact) mass is 810 g/mol. The zero-order valence-electron chi connectivity index (χ0n) is 32.9. The van der Waals surface area contributed by atoms with Gasteiger partial charge in [-0.3, -0.25) is 15.1 Å². The highest BCUT2D eigenvalue weighted by atomic mass is 35.5. The first-order valence-electron chi connectivity index (χ1n) is 19.3. The van der Waals surface area contributed by atoms with Crippen LogP contribution in [0.4, 0.5) is 35.3 Å². The number of fused-ring (bicyclic) bond motifs is 4. The van der Waals surface area contributed by atoms with Gasteiger partial charge in [0.2, 0.25) is 5.95 Å². The molecule has 0 spiro atoms. The lowest BCUT2D eigenvalue weighted by molar-refractivity contribution is 0.00531. The zero-order valence-corrected chi connectivity index (χ0v) is 34.5. The van der Waals surface area contributed by atoms with Gasteiger partial charge in [0.15, 0.2) is 10.9 Å². The van der Waals surface area contributed by atoms with Crippen LogP contribution in [-0.2, 0) is 4.74 Å². The van der Waals surface area contributed by atoms with Crippen molar-refractivity contribution in [2.75, 3.05) is 54.4 Å². The molecule has 12 nitrogen and oxygen atoms in total. The molecule has 56 heavy (non-hydrogen) atoms. The molecule has 2 amide bonds. The first kappa shape index (κ1) is 38.8. The molecule has 2 atom stereocenters. The molecule has 4 fully saturated rings. The number of rotatable bonds is 5. The predicted octanol–water partition coefficient (Wildman–Crippen LogP) is 9.00. The number of thiazole rings is 1. The minimum Gasteiger partial charge on any atom is -0.465 e. The molecule has 2 bridgehead atoms. The van der Waals surface area contributed by atoms with Crippen LogP contribution in [0.3, 0.4) is 0 Å². The van der Waals surface area contributed by atoms with E-state index in [4.69, 9.17) is 26.3 Å². The van der Waals surface area contributed by atoms with Crippen LogP contribution in [-0.4, -0.2) is 104 Å². The minimum absolute atomic E-state index is 0.00224. The number of benzene rings is 2. The van der Waals surface area contributed by atoms with Crippen molar-refractivity contribution in [3.05, 3.63) is 34.9 Å². The molecule has 0 radical (unpaired) electrons. The number of ether oxygens (including phenoxy) is 1. The Labute approximate surface area is 334 Å². The summed E-state index contributed by atoms with van der Waals surface area (Å²) in [6.45, 7) is 17.8. The molecule has 4 aliphatic rings. The molecular weight excluding hydrogens is 762 g/mol. The van der Waals surface area contributed by atoms with E-state index in [2.05, 4.69) is 52.7 Å². The molecule has 0 aliphatic carbocycles. The van der Waals surface area contributed by atoms with Gasteiger partial charge in [0, 0.05) is 42.7 Å². The summed E-state index contributed by atoms with van der Waals surface area (Å²) in [5.41, 5.74) is -1.54. The van der Waals surface area contributed by atoms with Gasteiger partial charge in [-0.15, -0.1) is 0 Å². The van der Waals surface area contributed by atoms with Gasteiger partial charge in [-0.25, -0.2) is 28.3 Å². The summed E-state index contributed by atoms with van der Waals surface area (Å²) in [4.78, 5) is 48.2. The number of carbonyl (C=O) groups is 2. The maximum Gasteiger partial charge on any atom is 0.413 e. The van der Waals surface area contributed by atoms with Crippen molar-refractivity contribution in [3.8, 4) is 11.1 Å². The molecular formula is C40H49ClF2N8O4S. The number of hydrogen-bond acceptors (Lipinski definition) is 10. The number of hydrogen-bond donors (Lipinski definition) is 2. The Morgan fingerprint density at radius 1 is 1.00 bits per heavy atom. The maximum atomic E-state index is 17.5. The third-order valence-corrected chi connectivity index (χ3v) is 13.5. The summed E-state index contributed by atoms with van der Waals surface area (Å²) in [6, 6.07) is 4.04. The number of piperidine rings is 1. The molecule has 0 saturated carbocycles. The maximum absolute atomic E-state index is 17.5. The van der Waals surface area contributed by atoms with Gasteiger partial charge in [0.05, 0.1) is 32.4 Å². The summed E-state index contributed by atoms with van der Waals surface area (Å²) >= 11 is 7.94. The first-order valence-corrected chi connectivity index (χ1v) is 20.5. The van der Waals surface area contributed by atoms with E-state index in [1.54, 1.807) is 31.7 Å². The molecule has 6 heterocycles. The number of nitrogens with zero attached hydrogens (tertiary/aromatic N) is 7. The Morgan fingerprint density at radius 3 is 2.38 bits per heavy atom. The molecule has 2 aromatic carbocycles. The SMILES string of the molecule is CC(C)(C)OC(=O)Nc1nc2c(-c3c(Cl)cc4c(N5CC6CCC(C(C)(C)C)(C5)N6C(=O)O)nc(N5CC(C)(N6CCCCC6)C5)nc4c3F)ccc(F)c2s1. The minimum atomic E-state index is -0.941. The number of carbonyl (C=O) groups excluding carboxylic acids is 1. The van der Waals surface area contributed by atoms with E-state index in [1.165, 1.54) is 18.6 Å². The van der Waals surface area contributed by atoms with Crippen molar-refractivity contribution in [1.82, 2.24) is 24.8 Å². The Balaban J connectivity index is 1.25. The highest BCUT2D eigenvalue weighted by molar-refractivity contribution is 7.22. The van der Waals surface area contributed by atoms with Crippen molar-refractivity contribution in [2.45, 2.75) is 103 Å². The van der Waals surface area contributed by atoms with Crippen LogP contribution in [0, 0.1) is 17.0 Å². The Bertz CT molecular complexity index is 2250. The van der Waals surface area contributed by atoms with E-state index in [9.17, 15) is 14.7 Å². The fourth-order valence-electron chi connectivity index (χ4n) is 9.41. The lowest BCUT2D eigenvalue weighted by Crippen LogP contribution is -2.70. The summed E-state index contributed by atoms with van der Waals surface area (Å²) in [7, 11) is 0. The summed E-state index contributed by atoms with van der Waals surface area (Å²) in [5.74, 6) is -0.415. The highest BCUT2D eigenvalue weighted by Crippen LogP contribution is 2.51. The summed E-state index contributed by atoms with van der Waals surface area (Å²) in [6.07, 6.45) is 3.25. The molecule has 2 unspecified atom stereocenters. The third-order valence-electron chi connectivity index (χ3n) is 12.2. The molecule has 300 valence electrons. The summed E-state index contributed by atoms with van der Waals surface area (Å²) < 4.78 is 38.3. The van der Waals surface area contributed by atoms with Gasteiger partial charge in [-0.05, 0) is 90.1 Å². The van der Waals surface area contributed by atoms with Gasteiger partial charge < -0.3 is 19.6 Å². The molecule has 2 aromatic heterocycles. The van der Waals surface area contributed by atoms with E-state index < -0.39 is 40.4 Å². The van der Waals surface area contributed by atoms with Crippen molar-refractivity contribution in [1.29, 1.82) is 0 Å². The van der Waals surface area contributed by atoms with Crippen LogP contribution in [0.5, 0.6) is 0 Å². The quantitative estimate of drug-likeness (QED) is 0.202. The largest absolute Gasteiger partial charge is 0.465 e. The van der Waals surface area contributed by atoms with E-state index in [0.29, 0.717) is 56.2 Å². The molecule has 2 N–H and O–H groups in total. The molecule has 16 heteroatoms. The second-order valence-electron chi connectivity index (χ2n) is 18.1. The summed E-state index contributed by atoms with van der Waals surface area (Å²) in [5, 5.41) is 13.5. The predicted molar refractivity (Wildman–Crippen MR) is 216 cm³/mol. The van der Waals surface area contributed by atoms with E-state index in [0.717, 1.165) is 37.3 Å².